The summed E-state index contributed by atoms with van der Waals surface area (Å²) in [5.41, 5.74) is 6.79. The van der Waals surface area contributed by atoms with E-state index >= 15 is 0 Å². The number of carbonyl (C=O) groups excluding carboxylic acids is 1. The predicted molar refractivity (Wildman–Crippen MR) is 79.6 cm³/mol. The summed E-state index contributed by atoms with van der Waals surface area (Å²) < 4.78 is 5.17. The van der Waals surface area contributed by atoms with Gasteiger partial charge in [0.05, 0.1) is 0 Å². The van der Waals surface area contributed by atoms with Gasteiger partial charge in [-0.1, -0.05) is 19.0 Å². The van der Waals surface area contributed by atoms with Gasteiger partial charge in [0.2, 0.25) is 0 Å². The Morgan fingerprint density at radius 1 is 1.43 bits per heavy atom. The summed E-state index contributed by atoms with van der Waals surface area (Å²) in [6.07, 6.45) is 4.91. The third-order valence-corrected chi connectivity index (χ3v) is 3.70. The lowest BCUT2D eigenvalue weighted by Crippen LogP contribution is -2.49. The summed E-state index contributed by atoms with van der Waals surface area (Å²) in [4.78, 5) is 16.1. The van der Waals surface area contributed by atoms with Gasteiger partial charge < -0.3 is 15.6 Å². The summed E-state index contributed by atoms with van der Waals surface area (Å²) in [6.45, 7) is 4.42. The molecule has 6 nitrogen and oxygen atoms in total. The zero-order valence-electron chi connectivity index (χ0n) is 12.3. The first-order valence-electron chi connectivity index (χ1n) is 7.02. The van der Waals surface area contributed by atoms with Crippen LogP contribution in [-0.4, -0.2) is 28.1 Å². The van der Waals surface area contributed by atoms with Crippen LogP contribution in [0.25, 0.3) is 11.3 Å². The van der Waals surface area contributed by atoms with E-state index in [0.717, 1.165) is 18.4 Å². The summed E-state index contributed by atoms with van der Waals surface area (Å²) in [5.74, 6) is 0.226. The maximum absolute atomic E-state index is 12.1. The van der Waals surface area contributed by atoms with Crippen molar-refractivity contribution in [3.05, 3.63) is 36.3 Å². The van der Waals surface area contributed by atoms with Crippen LogP contribution in [0.15, 0.2) is 35.1 Å². The second kappa shape index (κ2) is 6.49. The van der Waals surface area contributed by atoms with Crippen molar-refractivity contribution in [2.45, 2.75) is 32.2 Å². The number of pyridine rings is 1. The Morgan fingerprint density at radius 2 is 2.19 bits per heavy atom. The highest BCUT2D eigenvalue weighted by molar-refractivity contribution is 5.93. The minimum atomic E-state index is -0.383. The molecule has 112 valence electrons. The molecule has 0 aliphatic rings. The Hall–Kier alpha value is -2.21. The molecule has 6 heteroatoms. The molecule has 0 unspecified atom stereocenters. The van der Waals surface area contributed by atoms with E-state index < -0.39 is 0 Å². The maximum Gasteiger partial charge on any atom is 0.273 e. The molecule has 2 rings (SSSR count). The van der Waals surface area contributed by atoms with Crippen molar-refractivity contribution in [3.63, 3.8) is 0 Å². The van der Waals surface area contributed by atoms with Crippen molar-refractivity contribution in [1.29, 1.82) is 0 Å². The van der Waals surface area contributed by atoms with Crippen molar-refractivity contribution in [2.24, 2.45) is 5.73 Å². The van der Waals surface area contributed by atoms with Crippen molar-refractivity contribution in [3.8, 4) is 11.3 Å². The number of nitrogens with zero attached hydrogens (tertiary/aromatic N) is 2. The fraction of sp³-hybridized carbons (Fsp3) is 0.400. The van der Waals surface area contributed by atoms with Crippen LogP contribution in [0.4, 0.5) is 0 Å². The highest BCUT2D eigenvalue weighted by atomic mass is 16.5. The first-order chi connectivity index (χ1) is 10.1. The highest BCUT2D eigenvalue weighted by Gasteiger charge is 2.22. The monoisotopic (exact) mass is 288 g/mol. The molecule has 0 saturated carbocycles. The molecule has 0 aromatic carbocycles. The van der Waals surface area contributed by atoms with Crippen molar-refractivity contribution in [2.75, 3.05) is 6.54 Å². The SMILES string of the molecule is CCC(N)(CC)CNC(=O)c1cc(-c2cccnc2)on1. The summed E-state index contributed by atoms with van der Waals surface area (Å²) in [6, 6.07) is 5.24. The molecule has 0 fully saturated rings. The van der Waals surface area contributed by atoms with Gasteiger partial charge in [-0.05, 0) is 25.0 Å². The van der Waals surface area contributed by atoms with Gasteiger partial charge in [0.1, 0.15) is 0 Å². The standard InChI is InChI=1S/C15H20N4O2/c1-3-15(16,4-2)10-18-14(20)12-8-13(21-19-12)11-6-5-7-17-9-11/h5-9H,3-4,10,16H2,1-2H3,(H,18,20). The number of nitrogens with two attached hydrogens (primary N) is 1. The van der Waals surface area contributed by atoms with E-state index in [-0.39, 0.29) is 17.1 Å². The van der Waals surface area contributed by atoms with Crippen LogP contribution < -0.4 is 11.1 Å². The first-order valence-corrected chi connectivity index (χ1v) is 7.02. The van der Waals surface area contributed by atoms with Gasteiger partial charge in [0.15, 0.2) is 11.5 Å². The number of nitrogens with one attached hydrogen (secondary N) is 1. The summed E-state index contributed by atoms with van der Waals surface area (Å²) in [5, 5.41) is 6.59. The second-order valence-electron chi connectivity index (χ2n) is 5.07. The van der Waals surface area contributed by atoms with E-state index in [1.54, 1.807) is 24.5 Å². The van der Waals surface area contributed by atoms with Crippen LogP contribution in [0.5, 0.6) is 0 Å². The topological polar surface area (TPSA) is 94.0 Å². The van der Waals surface area contributed by atoms with Crippen LogP contribution in [-0.2, 0) is 0 Å². The van der Waals surface area contributed by atoms with Gasteiger partial charge >= 0.3 is 0 Å². The summed E-state index contributed by atoms with van der Waals surface area (Å²) >= 11 is 0. The van der Waals surface area contributed by atoms with Crippen LogP contribution in [0, 0.1) is 0 Å². The Balaban J connectivity index is 2.03. The average molecular weight is 288 g/mol. The van der Waals surface area contributed by atoms with Crippen molar-refractivity contribution in [1.82, 2.24) is 15.5 Å². The molecule has 21 heavy (non-hydrogen) atoms. The fourth-order valence-electron chi connectivity index (χ4n) is 1.87. The maximum atomic E-state index is 12.1. The number of hydrogen-bond acceptors (Lipinski definition) is 5. The molecule has 0 bridgehead atoms. The number of carbonyl (C=O) groups is 1. The molecule has 3 N–H and O–H groups in total. The molecule has 0 radical (unpaired) electrons. The molecule has 0 aliphatic heterocycles. The smallest absolute Gasteiger partial charge is 0.273 e. The van der Waals surface area contributed by atoms with Gasteiger partial charge in [-0.25, -0.2) is 0 Å². The molecule has 2 heterocycles. The van der Waals surface area contributed by atoms with Crippen LogP contribution in [0.2, 0.25) is 0 Å². The predicted octanol–water partition coefficient (Wildman–Crippen LogP) is 1.98. The molecule has 1 amide bonds. The lowest BCUT2D eigenvalue weighted by Gasteiger charge is -2.26. The van der Waals surface area contributed by atoms with Gasteiger partial charge in [-0.2, -0.15) is 0 Å². The Kier molecular flexibility index (Phi) is 4.70. The zero-order chi connectivity index (χ0) is 15.3. The lowest BCUT2D eigenvalue weighted by molar-refractivity contribution is 0.0933. The molecule has 2 aromatic heterocycles. The quantitative estimate of drug-likeness (QED) is 0.847. The Bertz CT molecular complexity index is 591. The van der Waals surface area contributed by atoms with Crippen LogP contribution in [0.1, 0.15) is 37.2 Å². The van der Waals surface area contributed by atoms with E-state index in [2.05, 4.69) is 15.5 Å². The molecule has 0 saturated heterocycles. The van der Waals surface area contributed by atoms with E-state index in [1.165, 1.54) is 0 Å². The second-order valence-corrected chi connectivity index (χ2v) is 5.07. The van der Waals surface area contributed by atoms with Crippen LogP contribution in [0.3, 0.4) is 0 Å². The highest BCUT2D eigenvalue weighted by Crippen LogP contribution is 2.19. The Morgan fingerprint density at radius 3 is 2.81 bits per heavy atom. The van der Waals surface area contributed by atoms with Crippen LogP contribution >= 0.6 is 0 Å². The molecular formula is C15H20N4O2. The van der Waals surface area contributed by atoms with E-state index in [1.807, 2.05) is 19.9 Å². The van der Waals surface area contributed by atoms with Gasteiger partial charge in [-0.3, -0.25) is 9.78 Å². The normalized spacial score (nSPS) is 11.4. The minimum absolute atomic E-state index is 0.239. The molecular weight excluding hydrogens is 268 g/mol. The van der Waals surface area contributed by atoms with Gasteiger partial charge in [-0.15, -0.1) is 0 Å². The van der Waals surface area contributed by atoms with E-state index in [4.69, 9.17) is 10.3 Å². The van der Waals surface area contributed by atoms with Crippen molar-refractivity contribution >= 4 is 5.91 Å². The third-order valence-electron chi connectivity index (χ3n) is 3.70. The average Bonchev–Trinajstić information content (AvgIpc) is 3.03. The largest absolute Gasteiger partial charge is 0.355 e. The van der Waals surface area contributed by atoms with Crippen molar-refractivity contribution < 1.29 is 9.32 Å². The summed E-state index contributed by atoms with van der Waals surface area (Å²) in [7, 11) is 0. The number of amides is 1. The Labute approximate surface area is 123 Å². The minimum Gasteiger partial charge on any atom is -0.355 e. The lowest BCUT2D eigenvalue weighted by atomic mass is 9.94. The van der Waals surface area contributed by atoms with Gasteiger partial charge in [0, 0.05) is 36.1 Å². The van der Waals surface area contributed by atoms with E-state index in [0.29, 0.717) is 12.3 Å². The fourth-order valence-corrected chi connectivity index (χ4v) is 1.87. The molecule has 2 aromatic rings. The number of hydrogen-bond donors (Lipinski definition) is 2. The number of aromatic nitrogens is 2. The number of rotatable bonds is 6. The molecule has 0 atom stereocenters. The van der Waals surface area contributed by atoms with E-state index in [9.17, 15) is 4.79 Å². The third kappa shape index (κ3) is 3.66. The first kappa shape index (κ1) is 15.2. The molecule has 0 aliphatic carbocycles. The van der Waals surface area contributed by atoms with Gasteiger partial charge in [0.25, 0.3) is 5.91 Å². The molecule has 0 spiro atoms. The zero-order valence-corrected chi connectivity index (χ0v) is 12.3.